The lowest BCUT2D eigenvalue weighted by Crippen LogP contribution is -2.36. The van der Waals surface area contributed by atoms with Crippen molar-refractivity contribution in [2.45, 2.75) is 38.6 Å². The molecule has 1 N–H and O–H groups in total. The van der Waals surface area contributed by atoms with E-state index in [1.165, 1.54) is 12.8 Å². The first-order chi connectivity index (χ1) is 11.6. The van der Waals surface area contributed by atoms with Crippen molar-refractivity contribution < 1.29 is 14.3 Å². The number of carbonyl (C=O) groups excluding carboxylic acids is 1. The molecule has 1 fully saturated rings. The zero-order valence-electron chi connectivity index (χ0n) is 14.4. The monoisotopic (exact) mass is 443 g/mol. The van der Waals surface area contributed by atoms with Crippen LogP contribution in [0.4, 0.5) is 0 Å². The van der Waals surface area contributed by atoms with Crippen LogP contribution in [-0.2, 0) is 4.79 Å². The van der Waals surface area contributed by atoms with Crippen LogP contribution in [0.3, 0.4) is 0 Å². The molecular weight excluding hydrogens is 417 g/mol. The second-order valence-corrected chi connectivity index (χ2v) is 7.33. The van der Waals surface area contributed by atoms with Crippen molar-refractivity contribution >= 4 is 34.6 Å². The van der Waals surface area contributed by atoms with Gasteiger partial charge in [0.25, 0.3) is 0 Å². The molecule has 1 saturated carbocycles. The van der Waals surface area contributed by atoms with Gasteiger partial charge in [-0.3, -0.25) is 4.79 Å². The molecule has 0 unspecified atom stereocenters. The molecule has 0 aromatic heterocycles. The van der Waals surface area contributed by atoms with Crippen LogP contribution in [-0.4, -0.2) is 30.1 Å². The van der Waals surface area contributed by atoms with Crippen LogP contribution >= 0.6 is 22.6 Å². The van der Waals surface area contributed by atoms with E-state index >= 15 is 0 Å². The Morgan fingerprint density at radius 3 is 2.71 bits per heavy atom. The van der Waals surface area contributed by atoms with Crippen molar-refractivity contribution in [3.05, 3.63) is 29.8 Å². The molecule has 1 aliphatic rings. The van der Waals surface area contributed by atoms with Crippen LogP contribution in [0.5, 0.6) is 11.5 Å². The minimum absolute atomic E-state index is 0.0289. The lowest BCUT2D eigenvalue weighted by Gasteiger charge is -2.26. The molecule has 24 heavy (non-hydrogen) atoms. The molecule has 1 aliphatic carbocycles. The Labute approximate surface area is 158 Å². The predicted octanol–water partition coefficient (Wildman–Crippen LogP) is 4.22. The lowest BCUT2D eigenvalue weighted by atomic mass is 9.87. The zero-order valence-corrected chi connectivity index (χ0v) is 16.5. The molecule has 5 heteroatoms. The van der Waals surface area contributed by atoms with Crippen molar-refractivity contribution in [3.63, 3.8) is 0 Å². The maximum atomic E-state index is 12.1. The summed E-state index contributed by atoms with van der Waals surface area (Å²) < 4.78 is 11.9. The number of benzene rings is 1. The number of rotatable bonds is 7. The highest BCUT2D eigenvalue weighted by molar-refractivity contribution is 14.1. The highest BCUT2D eigenvalue weighted by Crippen LogP contribution is 2.28. The number of ether oxygens (including phenoxy) is 2. The Morgan fingerprint density at radius 1 is 1.29 bits per heavy atom. The number of nitrogens with one attached hydrogen (secondary N) is 1. The van der Waals surface area contributed by atoms with Gasteiger partial charge in [0, 0.05) is 16.5 Å². The summed E-state index contributed by atoms with van der Waals surface area (Å²) in [5.41, 5.74) is 0.918. The van der Waals surface area contributed by atoms with Gasteiger partial charge in [0.05, 0.1) is 13.7 Å². The summed E-state index contributed by atoms with van der Waals surface area (Å²) in [7, 11) is 1.62. The third-order valence-corrected chi connectivity index (χ3v) is 4.75. The third-order valence-electron chi connectivity index (χ3n) is 4.31. The van der Waals surface area contributed by atoms with Gasteiger partial charge in [-0.15, -0.1) is 0 Å². The Kier molecular flexibility index (Phi) is 7.88. The van der Waals surface area contributed by atoms with Crippen LogP contribution in [0.15, 0.2) is 24.3 Å². The van der Waals surface area contributed by atoms with Gasteiger partial charge in [-0.2, -0.15) is 0 Å². The van der Waals surface area contributed by atoms with Gasteiger partial charge >= 0.3 is 0 Å². The topological polar surface area (TPSA) is 47.6 Å². The van der Waals surface area contributed by atoms with E-state index in [9.17, 15) is 4.79 Å². The first kappa shape index (κ1) is 19.1. The first-order valence-corrected chi connectivity index (χ1v) is 10.00. The predicted molar refractivity (Wildman–Crippen MR) is 106 cm³/mol. The summed E-state index contributed by atoms with van der Waals surface area (Å²) in [6, 6.07) is 6.01. The van der Waals surface area contributed by atoms with Crippen LogP contribution in [0, 0.1) is 5.92 Å². The molecule has 0 heterocycles. The summed E-state index contributed by atoms with van der Waals surface area (Å²) in [6.07, 6.45) is 7.97. The average Bonchev–Trinajstić information content (AvgIpc) is 2.60. The minimum atomic E-state index is -0.0289. The molecule has 0 aliphatic heterocycles. The largest absolute Gasteiger partial charge is 0.493 e. The fourth-order valence-electron chi connectivity index (χ4n) is 2.88. The fraction of sp³-hybridized carbons (Fsp3) is 0.526. The SMILES string of the molecule is COc1cc(/C=C/C(=O)NC2CCC(C)CC2)ccc1OCCI. The van der Waals surface area contributed by atoms with Crippen molar-refractivity contribution in [2.75, 3.05) is 18.1 Å². The molecule has 0 bridgehead atoms. The molecule has 1 aromatic rings. The van der Waals surface area contributed by atoms with Crippen molar-refractivity contribution in [3.8, 4) is 11.5 Å². The van der Waals surface area contributed by atoms with E-state index in [0.29, 0.717) is 18.4 Å². The molecule has 0 spiro atoms. The minimum Gasteiger partial charge on any atom is -0.493 e. The Hall–Kier alpha value is -1.24. The van der Waals surface area contributed by atoms with E-state index < -0.39 is 0 Å². The zero-order chi connectivity index (χ0) is 17.4. The van der Waals surface area contributed by atoms with Crippen LogP contribution < -0.4 is 14.8 Å². The van der Waals surface area contributed by atoms with E-state index in [4.69, 9.17) is 9.47 Å². The highest BCUT2D eigenvalue weighted by atomic mass is 127. The summed E-state index contributed by atoms with van der Waals surface area (Å²) in [5, 5.41) is 3.10. The van der Waals surface area contributed by atoms with E-state index in [2.05, 4.69) is 34.8 Å². The second kappa shape index (κ2) is 9.91. The Morgan fingerprint density at radius 2 is 2.04 bits per heavy atom. The van der Waals surface area contributed by atoms with E-state index in [-0.39, 0.29) is 5.91 Å². The first-order valence-electron chi connectivity index (χ1n) is 8.47. The van der Waals surface area contributed by atoms with Gasteiger partial charge in [-0.25, -0.2) is 0 Å². The normalized spacial score (nSPS) is 20.8. The number of alkyl halides is 1. The number of hydrogen-bond donors (Lipinski definition) is 1. The molecule has 0 radical (unpaired) electrons. The van der Waals surface area contributed by atoms with Gasteiger partial charge in [0.1, 0.15) is 0 Å². The molecule has 1 amide bonds. The van der Waals surface area contributed by atoms with E-state index in [0.717, 1.165) is 34.5 Å². The molecule has 0 atom stereocenters. The molecule has 2 rings (SSSR count). The number of carbonyl (C=O) groups is 1. The summed E-state index contributed by atoms with van der Waals surface area (Å²) in [4.78, 5) is 12.1. The molecule has 1 aromatic carbocycles. The van der Waals surface area contributed by atoms with E-state index in [1.807, 2.05) is 24.3 Å². The molecule has 4 nitrogen and oxygen atoms in total. The van der Waals surface area contributed by atoms with Crippen molar-refractivity contribution in [2.24, 2.45) is 5.92 Å². The number of halogens is 1. The highest BCUT2D eigenvalue weighted by Gasteiger charge is 2.18. The third kappa shape index (κ3) is 6.00. The summed E-state index contributed by atoms with van der Waals surface area (Å²) in [6.45, 7) is 2.92. The van der Waals surface area contributed by atoms with Gasteiger partial charge in [0.2, 0.25) is 5.91 Å². The fourth-order valence-corrected chi connectivity index (χ4v) is 3.10. The quantitative estimate of drug-likeness (QED) is 0.390. The number of methoxy groups -OCH3 is 1. The summed E-state index contributed by atoms with van der Waals surface area (Å²) >= 11 is 2.27. The van der Waals surface area contributed by atoms with Gasteiger partial charge in [0.15, 0.2) is 11.5 Å². The van der Waals surface area contributed by atoms with Gasteiger partial charge < -0.3 is 14.8 Å². The summed E-state index contributed by atoms with van der Waals surface area (Å²) in [5.74, 6) is 2.17. The number of amides is 1. The molecule has 0 saturated heterocycles. The standard InChI is InChI=1S/C19H26INO3/c1-14-3-7-16(8-4-14)21-19(22)10-6-15-5-9-17(24-12-11-20)18(13-15)23-2/h5-6,9-10,13-14,16H,3-4,7-8,11-12H2,1-2H3,(H,21,22)/b10-6+. The number of hydrogen-bond acceptors (Lipinski definition) is 3. The van der Waals surface area contributed by atoms with E-state index in [1.54, 1.807) is 13.2 Å². The Bertz CT molecular complexity index is 566. The molecule has 132 valence electrons. The van der Waals surface area contributed by atoms with Gasteiger partial charge in [-0.1, -0.05) is 35.6 Å². The van der Waals surface area contributed by atoms with Crippen LogP contribution in [0.1, 0.15) is 38.2 Å². The van der Waals surface area contributed by atoms with Crippen LogP contribution in [0.2, 0.25) is 0 Å². The van der Waals surface area contributed by atoms with Gasteiger partial charge in [-0.05, 0) is 55.4 Å². The Balaban J connectivity index is 1.91. The second-order valence-electron chi connectivity index (χ2n) is 6.25. The lowest BCUT2D eigenvalue weighted by molar-refractivity contribution is -0.117. The maximum Gasteiger partial charge on any atom is 0.244 e. The van der Waals surface area contributed by atoms with Crippen LogP contribution in [0.25, 0.3) is 6.08 Å². The van der Waals surface area contributed by atoms with Crippen molar-refractivity contribution in [1.29, 1.82) is 0 Å². The molecular formula is C19H26INO3. The maximum absolute atomic E-state index is 12.1. The average molecular weight is 443 g/mol. The smallest absolute Gasteiger partial charge is 0.244 e. The van der Waals surface area contributed by atoms with Crippen molar-refractivity contribution in [1.82, 2.24) is 5.32 Å².